The van der Waals surface area contributed by atoms with Crippen LogP contribution >= 0.6 is 0 Å². The Labute approximate surface area is 106 Å². The Bertz CT molecular complexity index is 352. The summed E-state index contributed by atoms with van der Waals surface area (Å²) in [6.45, 7) is 2.29. The Kier molecular flexibility index (Phi) is 5.06. The molecule has 1 aliphatic rings. The first-order chi connectivity index (χ1) is 8.81. The summed E-state index contributed by atoms with van der Waals surface area (Å²) in [7, 11) is 1.66. The third-order valence-electron chi connectivity index (χ3n) is 2.74. The Morgan fingerprint density at radius 1 is 1.50 bits per heavy atom. The lowest BCUT2D eigenvalue weighted by Crippen LogP contribution is -2.23. The van der Waals surface area contributed by atoms with E-state index in [0.717, 1.165) is 12.8 Å². The molecule has 7 heteroatoms. The number of ether oxygens (including phenoxy) is 3. The minimum atomic E-state index is -0.258. The number of aromatic nitrogens is 2. The monoisotopic (exact) mass is 257 g/mol. The molecular weight excluding hydrogens is 238 g/mol. The zero-order valence-electron chi connectivity index (χ0n) is 10.5. The zero-order chi connectivity index (χ0) is 12.8. The molecule has 1 fully saturated rings. The van der Waals surface area contributed by atoms with Crippen LogP contribution in [-0.2, 0) is 14.2 Å². The number of nitrogens with two attached hydrogens (primary N) is 1. The average Bonchev–Trinajstić information content (AvgIpc) is 2.89. The van der Waals surface area contributed by atoms with Gasteiger partial charge in [-0.25, -0.2) is 0 Å². The molecule has 1 saturated heterocycles. The van der Waals surface area contributed by atoms with E-state index in [-0.39, 0.29) is 12.1 Å². The van der Waals surface area contributed by atoms with Gasteiger partial charge in [0.05, 0.1) is 25.9 Å². The van der Waals surface area contributed by atoms with Crippen molar-refractivity contribution in [2.24, 2.45) is 5.73 Å². The first kappa shape index (κ1) is 13.4. The van der Waals surface area contributed by atoms with E-state index < -0.39 is 0 Å². The Morgan fingerprint density at radius 2 is 2.39 bits per heavy atom. The second-order valence-corrected chi connectivity index (χ2v) is 4.17. The van der Waals surface area contributed by atoms with Crippen molar-refractivity contribution in [2.75, 3.05) is 33.5 Å². The lowest BCUT2D eigenvalue weighted by Gasteiger charge is -2.19. The van der Waals surface area contributed by atoms with Gasteiger partial charge in [-0.1, -0.05) is 5.16 Å². The van der Waals surface area contributed by atoms with E-state index in [1.54, 1.807) is 7.11 Å². The molecule has 0 aliphatic carbocycles. The van der Waals surface area contributed by atoms with Crippen molar-refractivity contribution in [3.63, 3.8) is 0 Å². The van der Waals surface area contributed by atoms with Crippen molar-refractivity contribution >= 4 is 0 Å². The second kappa shape index (κ2) is 6.79. The summed E-state index contributed by atoms with van der Waals surface area (Å²) in [5, 5.41) is 3.89. The summed E-state index contributed by atoms with van der Waals surface area (Å²) in [5.41, 5.74) is 5.95. The van der Waals surface area contributed by atoms with Crippen LogP contribution in [0.5, 0.6) is 0 Å². The van der Waals surface area contributed by atoms with Gasteiger partial charge in [0, 0.05) is 13.7 Å². The number of hydrogen-bond donors (Lipinski definition) is 1. The molecule has 0 amide bonds. The van der Waals surface area contributed by atoms with Crippen LogP contribution in [0.15, 0.2) is 4.52 Å². The van der Waals surface area contributed by atoms with E-state index in [0.29, 0.717) is 38.1 Å². The average molecular weight is 257 g/mol. The van der Waals surface area contributed by atoms with E-state index in [4.69, 9.17) is 24.5 Å². The molecule has 2 heterocycles. The van der Waals surface area contributed by atoms with Gasteiger partial charge in [0.25, 0.3) is 0 Å². The predicted octanol–water partition coefficient (Wildman–Crippen LogP) is 0.584. The van der Waals surface area contributed by atoms with Crippen LogP contribution in [0.3, 0.4) is 0 Å². The standard InChI is InChI=1S/C11H19N3O4/c1-15-4-2-3-8(12)11-13-10(14-18-11)9-7-16-5-6-17-9/h8-9H,2-7,12H2,1H3. The van der Waals surface area contributed by atoms with E-state index in [1.165, 1.54) is 0 Å². The van der Waals surface area contributed by atoms with Crippen molar-refractivity contribution in [1.29, 1.82) is 0 Å². The Hall–Kier alpha value is -1.02. The van der Waals surface area contributed by atoms with Gasteiger partial charge in [-0.3, -0.25) is 0 Å². The van der Waals surface area contributed by atoms with E-state index in [2.05, 4.69) is 10.1 Å². The third kappa shape index (κ3) is 3.49. The normalized spacial score (nSPS) is 22.0. The first-order valence-electron chi connectivity index (χ1n) is 6.08. The highest BCUT2D eigenvalue weighted by Gasteiger charge is 2.23. The van der Waals surface area contributed by atoms with Crippen LogP contribution < -0.4 is 5.73 Å². The molecule has 0 bridgehead atoms. The maximum atomic E-state index is 5.95. The largest absolute Gasteiger partial charge is 0.385 e. The zero-order valence-corrected chi connectivity index (χ0v) is 10.5. The maximum absolute atomic E-state index is 5.95. The van der Waals surface area contributed by atoms with Crippen LogP contribution in [0, 0.1) is 0 Å². The molecule has 2 rings (SSSR count). The molecule has 1 aromatic heterocycles. The Morgan fingerprint density at radius 3 is 3.11 bits per heavy atom. The van der Waals surface area contributed by atoms with Crippen molar-refractivity contribution < 1.29 is 18.7 Å². The maximum Gasteiger partial charge on any atom is 0.243 e. The van der Waals surface area contributed by atoms with Gasteiger partial charge in [0.1, 0.15) is 6.10 Å². The van der Waals surface area contributed by atoms with Crippen LogP contribution in [0.2, 0.25) is 0 Å². The molecule has 0 spiro atoms. The van der Waals surface area contributed by atoms with Gasteiger partial charge in [-0.2, -0.15) is 4.98 Å². The minimum Gasteiger partial charge on any atom is -0.385 e. The van der Waals surface area contributed by atoms with Crippen molar-refractivity contribution in [3.05, 3.63) is 11.7 Å². The fourth-order valence-electron chi connectivity index (χ4n) is 1.74. The smallest absolute Gasteiger partial charge is 0.243 e. The lowest BCUT2D eigenvalue weighted by atomic mass is 10.2. The number of rotatable bonds is 6. The van der Waals surface area contributed by atoms with Gasteiger partial charge in [-0.05, 0) is 12.8 Å². The molecule has 0 radical (unpaired) electrons. The molecule has 2 N–H and O–H groups in total. The van der Waals surface area contributed by atoms with Crippen LogP contribution in [0.1, 0.15) is 36.7 Å². The molecule has 0 aromatic carbocycles. The predicted molar refractivity (Wildman–Crippen MR) is 61.8 cm³/mol. The summed E-state index contributed by atoms with van der Waals surface area (Å²) >= 11 is 0. The number of nitrogens with zero attached hydrogens (tertiary/aromatic N) is 2. The Balaban J connectivity index is 1.88. The van der Waals surface area contributed by atoms with Crippen LogP contribution in [0.25, 0.3) is 0 Å². The van der Waals surface area contributed by atoms with Gasteiger partial charge in [0.15, 0.2) is 0 Å². The lowest BCUT2D eigenvalue weighted by molar-refractivity contribution is -0.0941. The number of methoxy groups -OCH3 is 1. The molecule has 1 aliphatic heterocycles. The third-order valence-corrected chi connectivity index (χ3v) is 2.74. The second-order valence-electron chi connectivity index (χ2n) is 4.17. The molecule has 1 aromatic rings. The van der Waals surface area contributed by atoms with Crippen molar-refractivity contribution in [1.82, 2.24) is 10.1 Å². The fraction of sp³-hybridized carbons (Fsp3) is 0.818. The highest BCUT2D eigenvalue weighted by Crippen LogP contribution is 2.20. The van der Waals surface area contributed by atoms with Crippen LogP contribution in [-0.4, -0.2) is 43.7 Å². The fourth-order valence-corrected chi connectivity index (χ4v) is 1.74. The topological polar surface area (TPSA) is 92.6 Å². The van der Waals surface area contributed by atoms with Crippen molar-refractivity contribution in [2.45, 2.75) is 25.0 Å². The summed E-state index contributed by atoms with van der Waals surface area (Å²) in [6.07, 6.45) is 1.36. The summed E-state index contributed by atoms with van der Waals surface area (Å²) in [5.74, 6) is 0.946. The molecule has 2 unspecified atom stereocenters. The molecular formula is C11H19N3O4. The van der Waals surface area contributed by atoms with E-state index in [9.17, 15) is 0 Å². The van der Waals surface area contributed by atoms with Gasteiger partial charge in [0.2, 0.25) is 11.7 Å². The van der Waals surface area contributed by atoms with Crippen molar-refractivity contribution in [3.8, 4) is 0 Å². The van der Waals surface area contributed by atoms with Gasteiger partial charge < -0.3 is 24.5 Å². The molecule has 102 valence electrons. The molecule has 2 atom stereocenters. The van der Waals surface area contributed by atoms with Gasteiger partial charge in [-0.15, -0.1) is 0 Å². The number of hydrogen-bond acceptors (Lipinski definition) is 7. The summed E-state index contributed by atoms with van der Waals surface area (Å²) in [6, 6.07) is -0.258. The quantitative estimate of drug-likeness (QED) is 0.745. The van der Waals surface area contributed by atoms with E-state index >= 15 is 0 Å². The highest BCUT2D eigenvalue weighted by molar-refractivity contribution is 4.95. The highest BCUT2D eigenvalue weighted by atomic mass is 16.6. The van der Waals surface area contributed by atoms with E-state index in [1.807, 2.05) is 0 Å². The minimum absolute atomic E-state index is 0.248. The summed E-state index contributed by atoms with van der Waals surface area (Å²) < 4.78 is 20.9. The van der Waals surface area contributed by atoms with Gasteiger partial charge >= 0.3 is 0 Å². The SMILES string of the molecule is COCCCC(N)c1nc(C2COCCO2)no1. The molecule has 7 nitrogen and oxygen atoms in total. The first-order valence-corrected chi connectivity index (χ1v) is 6.08. The molecule has 18 heavy (non-hydrogen) atoms. The molecule has 0 saturated carbocycles. The summed E-state index contributed by atoms with van der Waals surface area (Å²) in [4.78, 5) is 4.26. The van der Waals surface area contributed by atoms with Crippen LogP contribution in [0.4, 0.5) is 0 Å².